The lowest BCUT2D eigenvalue weighted by atomic mass is 10.3. The number of fused-ring (bicyclic) bond motifs is 1. The maximum Gasteiger partial charge on any atom is 0.341 e. The van der Waals surface area contributed by atoms with Crippen molar-refractivity contribution in [2.45, 2.75) is 30.7 Å². The lowest BCUT2D eigenvalue weighted by molar-refractivity contribution is 0.234. The number of nitrogens with zero attached hydrogens (tertiary/aromatic N) is 3. The van der Waals surface area contributed by atoms with Crippen LogP contribution in [0, 0.1) is 0 Å². The summed E-state index contributed by atoms with van der Waals surface area (Å²) in [6, 6.07) is 13.3. The highest BCUT2D eigenvalue weighted by molar-refractivity contribution is 7.91. The van der Waals surface area contributed by atoms with Gasteiger partial charge >= 0.3 is 5.76 Å². The van der Waals surface area contributed by atoms with Crippen LogP contribution < -0.4 is 4.90 Å². The van der Waals surface area contributed by atoms with E-state index in [1.807, 2.05) is 43.1 Å². The fourth-order valence-corrected chi connectivity index (χ4v) is 3.62. The third-order valence-electron chi connectivity index (χ3n) is 4.27. The van der Waals surface area contributed by atoms with Gasteiger partial charge in [0.2, 0.25) is 9.84 Å². The van der Waals surface area contributed by atoms with Crippen molar-refractivity contribution in [3.8, 4) is 0 Å². The normalized spacial score (nSPS) is 12.0. The van der Waals surface area contributed by atoms with E-state index in [9.17, 15) is 17.2 Å². The van der Waals surface area contributed by atoms with Gasteiger partial charge in [0, 0.05) is 19.3 Å². The molecule has 0 fully saturated rings. The molecule has 0 aliphatic carbocycles. The molecular formula is C18H19F2N3O2S. The zero-order valence-electron chi connectivity index (χ0n) is 14.4. The molecule has 0 spiro atoms. The number of anilines is 1. The molecule has 0 amide bonds. The summed E-state index contributed by atoms with van der Waals surface area (Å²) in [5, 5.41) is 0. The highest BCUT2D eigenvalue weighted by Crippen LogP contribution is 2.23. The molecule has 8 heteroatoms. The second-order valence-corrected chi connectivity index (χ2v) is 7.83. The van der Waals surface area contributed by atoms with E-state index in [1.54, 1.807) is 0 Å². The molecule has 0 aliphatic heterocycles. The Morgan fingerprint density at radius 3 is 2.38 bits per heavy atom. The van der Waals surface area contributed by atoms with E-state index in [1.165, 1.54) is 24.3 Å². The number of halogens is 2. The van der Waals surface area contributed by atoms with Gasteiger partial charge in [0.05, 0.1) is 22.5 Å². The van der Waals surface area contributed by atoms with Crippen molar-refractivity contribution in [2.24, 2.45) is 0 Å². The Balaban J connectivity index is 1.86. The van der Waals surface area contributed by atoms with E-state index in [0.29, 0.717) is 12.2 Å². The number of aromatic nitrogens is 2. The molecule has 0 radical (unpaired) electrons. The van der Waals surface area contributed by atoms with Crippen LogP contribution in [0.5, 0.6) is 0 Å². The summed E-state index contributed by atoms with van der Waals surface area (Å²) in [7, 11) is -2.73. The first-order valence-electron chi connectivity index (χ1n) is 8.12. The number of hydrogen-bond donors (Lipinski definition) is 0. The van der Waals surface area contributed by atoms with E-state index >= 15 is 0 Å². The number of rotatable bonds is 6. The van der Waals surface area contributed by atoms with E-state index in [4.69, 9.17) is 0 Å². The molecule has 0 saturated carbocycles. The summed E-state index contributed by atoms with van der Waals surface area (Å²) >= 11 is 0. The molecule has 0 N–H and O–H groups in total. The van der Waals surface area contributed by atoms with Crippen molar-refractivity contribution in [1.29, 1.82) is 0 Å². The number of para-hydroxylation sites is 2. The van der Waals surface area contributed by atoms with Crippen LogP contribution in [0.15, 0.2) is 53.4 Å². The molecule has 5 nitrogen and oxygen atoms in total. The fraction of sp³-hybridized carbons (Fsp3) is 0.278. The van der Waals surface area contributed by atoms with Crippen LogP contribution >= 0.6 is 0 Å². The van der Waals surface area contributed by atoms with Crippen molar-refractivity contribution >= 4 is 26.6 Å². The minimum Gasteiger partial charge on any atom is -0.367 e. The molecule has 0 bridgehead atoms. The van der Waals surface area contributed by atoms with E-state index in [-0.39, 0.29) is 4.90 Å². The van der Waals surface area contributed by atoms with Gasteiger partial charge in [0.25, 0.3) is 0 Å². The minimum atomic E-state index is -4.57. The number of benzene rings is 2. The Kier molecular flexibility index (Phi) is 4.95. The van der Waals surface area contributed by atoms with E-state index in [0.717, 1.165) is 23.4 Å². The third kappa shape index (κ3) is 3.29. The molecule has 26 heavy (non-hydrogen) atoms. The Morgan fingerprint density at radius 2 is 1.77 bits per heavy atom. The Morgan fingerprint density at radius 1 is 1.12 bits per heavy atom. The molecule has 138 valence electrons. The van der Waals surface area contributed by atoms with E-state index < -0.39 is 15.6 Å². The van der Waals surface area contributed by atoms with Crippen molar-refractivity contribution in [2.75, 3.05) is 11.9 Å². The number of aryl methyl sites for hydroxylation is 1. The van der Waals surface area contributed by atoms with Crippen molar-refractivity contribution < 1.29 is 17.2 Å². The molecule has 1 aromatic heterocycles. The molecule has 3 rings (SSSR count). The average molecular weight is 379 g/mol. The molecule has 0 saturated heterocycles. The fourth-order valence-electron chi connectivity index (χ4n) is 2.90. The largest absolute Gasteiger partial charge is 0.367 e. The topological polar surface area (TPSA) is 55.2 Å². The standard InChI is InChI=1S/C18H19F2N3O2S/c1-3-23-16-7-5-4-6-15(16)21-17(23)12-22(2)13-8-10-14(11-9-13)26(24,25)18(19)20/h4-11,18H,3,12H2,1-2H3. The number of imidazole rings is 1. The van der Waals surface area contributed by atoms with Gasteiger partial charge in [-0.2, -0.15) is 8.78 Å². The monoisotopic (exact) mass is 379 g/mol. The first-order valence-corrected chi connectivity index (χ1v) is 9.66. The van der Waals surface area contributed by atoms with Crippen molar-refractivity contribution in [3.63, 3.8) is 0 Å². The maximum atomic E-state index is 12.6. The zero-order valence-corrected chi connectivity index (χ0v) is 15.2. The summed E-state index contributed by atoms with van der Waals surface area (Å²) in [4.78, 5) is 6.17. The van der Waals surface area contributed by atoms with E-state index in [2.05, 4.69) is 9.55 Å². The number of hydrogen-bond acceptors (Lipinski definition) is 4. The van der Waals surface area contributed by atoms with Crippen molar-refractivity contribution in [1.82, 2.24) is 9.55 Å². The van der Waals surface area contributed by atoms with Crippen LogP contribution in [-0.4, -0.2) is 30.8 Å². The molecule has 0 atom stereocenters. The molecule has 1 heterocycles. The van der Waals surface area contributed by atoms with Gasteiger partial charge in [-0.15, -0.1) is 0 Å². The van der Waals surface area contributed by atoms with Crippen LogP contribution in [0.1, 0.15) is 12.7 Å². The Hall–Kier alpha value is -2.48. The highest BCUT2D eigenvalue weighted by atomic mass is 32.2. The molecule has 0 aliphatic rings. The van der Waals surface area contributed by atoms with Gasteiger partial charge in [-0.3, -0.25) is 0 Å². The summed E-state index contributed by atoms with van der Waals surface area (Å²) < 4.78 is 50.4. The van der Waals surface area contributed by atoms with Crippen LogP contribution in [-0.2, 0) is 22.9 Å². The Labute approximate surface area is 150 Å². The predicted octanol–water partition coefficient (Wildman–Crippen LogP) is 3.69. The van der Waals surface area contributed by atoms with Crippen molar-refractivity contribution in [3.05, 3.63) is 54.4 Å². The van der Waals surface area contributed by atoms with Crippen LogP contribution in [0.3, 0.4) is 0 Å². The zero-order chi connectivity index (χ0) is 18.9. The number of alkyl halides is 2. The van der Waals surface area contributed by atoms with Gasteiger partial charge in [0.15, 0.2) is 0 Å². The van der Waals surface area contributed by atoms with Gasteiger partial charge < -0.3 is 9.47 Å². The average Bonchev–Trinajstić information content (AvgIpc) is 2.98. The van der Waals surface area contributed by atoms with Gasteiger partial charge in [-0.05, 0) is 43.3 Å². The maximum absolute atomic E-state index is 12.6. The summed E-state index contributed by atoms with van der Waals surface area (Å²) in [6.07, 6.45) is 0. The predicted molar refractivity (Wildman–Crippen MR) is 97.1 cm³/mol. The summed E-state index contributed by atoms with van der Waals surface area (Å²) in [6.45, 7) is 3.32. The lowest BCUT2D eigenvalue weighted by Crippen LogP contribution is -2.20. The molecular weight excluding hydrogens is 360 g/mol. The van der Waals surface area contributed by atoms with Crippen LogP contribution in [0.25, 0.3) is 11.0 Å². The molecule has 3 aromatic rings. The molecule has 2 aromatic carbocycles. The highest BCUT2D eigenvalue weighted by Gasteiger charge is 2.26. The van der Waals surface area contributed by atoms with Crippen LogP contribution in [0.2, 0.25) is 0 Å². The third-order valence-corrected chi connectivity index (χ3v) is 5.67. The van der Waals surface area contributed by atoms with Crippen LogP contribution in [0.4, 0.5) is 14.5 Å². The van der Waals surface area contributed by atoms with Gasteiger partial charge in [0.1, 0.15) is 5.82 Å². The second kappa shape index (κ2) is 7.03. The second-order valence-electron chi connectivity index (χ2n) is 5.92. The van der Waals surface area contributed by atoms with Gasteiger partial charge in [-0.1, -0.05) is 12.1 Å². The lowest BCUT2D eigenvalue weighted by Gasteiger charge is -2.20. The SMILES string of the molecule is CCn1c(CN(C)c2ccc(S(=O)(=O)C(F)F)cc2)nc2ccccc21. The van der Waals surface area contributed by atoms with Gasteiger partial charge in [-0.25, -0.2) is 13.4 Å². The summed E-state index contributed by atoms with van der Waals surface area (Å²) in [5.74, 6) is -2.55. The summed E-state index contributed by atoms with van der Waals surface area (Å²) in [5.41, 5.74) is 2.68. The first kappa shape index (κ1) is 18.3. The smallest absolute Gasteiger partial charge is 0.341 e. The quantitative estimate of drug-likeness (QED) is 0.656. The molecule has 0 unspecified atom stereocenters. The first-order chi connectivity index (χ1) is 12.3. The Bertz CT molecular complexity index is 1010. The minimum absolute atomic E-state index is 0.384. The number of sulfone groups is 1.